The van der Waals surface area contributed by atoms with E-state index >= 15 is 0 Å². The lowest BCUT2D eigenvalue weighted by molar-refractivity contribution is -0.613. The van der Waals surface area contributed by atoms with Gasteiger partial charge >= 0.3 is 12.2 Å². The zero-order valence-electron chi connectivity index (χ0n) is 25.3. The number of halogens is 2. The summed E-state index contributed by atoms with van der Waals surface area (Å²) in [7, 11) is -5.17. The number of nitrogens with two attached hydrogens (primary N) is 4. The quantitative estimate of drug-likeness (QED) is 0.196. The predicted molar refractivity (Wildman–Crippen MR) is 169 cm³/mol. The Morgan fingerprint density at radius 2 is 1.09 bits per heavy atom. The van der Waals surface area contributed by atoms with Gasteiger partial charge in [0.2, 0.25) is 0 Å². The first-order valence-corrected chi connectivity index (χ1v) is 16.6. The molecule has 4 rings (SSSR count). The van der Waals surface area contributed by atoms with Gasteiger partial charge in [-0.05, 0) is 38.1 Å². The van der Waals surface area contributed by atoms with Gasteiger partial charge in [-0.2, -0.15) is 0 Å². The van der Waals surface area contributed by atoms with Crippen molar-refractivity contribution in [1.82, 2.24) is 9.80 Å². The Morgan fingerprint density at radius 3 is 1.36 bits per heavy atom. The summed E-state index contributed by atoms with van der Waals surface area (Å²) in [6.45, 7) is 7.41. The summed E-state index contributed by atoms with van der Waals surface area (Å²) in [6.07, 6.45) is 3.30. The number of piperidine rings is 2. The number of likely N-dealkylation sites (tertiary alicyclic amines) is 2. The molecule has 2 aromatic carbocycles. The molecule has 0 radical (unpaired) electrons. The summed E-state index contributed by atoms with van der Waals surface area (Å²) in [6, 6.07) is 12.0. The molecule has 8 N–H and O–H groups in total. The molecule has 0 spiro atoms. The number of nitrogens with zero attached hydrogens (tertiary/aromatic N) is 2. The molecule has 0 bridgehead atoms. The van der Waals surface area contributed by atoms with Crippen LogP contribution < -0.4 is 22.1 Å². The van der Waals surface area contributed by atoms with Crippen molar-refractivity contribution in [2.24, 2.45) is 0 Å². The highest BCUT2D eigenvalue weighted by molar-refractivity contribution is 7.79. The maximum Gasteiger partial charge on any atom is 0.409 e. The van der Waals surface area contributed by atoms with Crippen LogP contribution in [0.5, 0.6) is 0 Å². The highest BCUT2D eigenvalue weighted by Crippen LogP contribution is 2.21. The number of hydrogen-bond donors (Lipinski definition) is 4. The van der Waals surface area contributed by atoms with Crippen molar-refractivity contribution < 1.29 is 47.2 Å². The summed E-state index contributed by atoms with van der Waals surface area (Å²) in [5, 5.41) is 5.65. The summed E-state index contributed by atoms with van der Waals surface area (Å²) < 4.78 is 44.1. The van der Waals surface area contributed by atoms with Crippen molar-refractivity contribution in [2.45, 2.75) is 51.6 Å². The highest BCUT2D eigenvalue weighted by atomic mass is 35.5. The molecule has 0 unspecified atom stereocenters. The molecular formula is C28H42Cl2N6O8S. The number of amides is 2. The van der Waals surface area contributed by atoms with Crippen LogP contribution in [0.1, 0.15) is 39.5 Å². The van der Waals surface area contributed by atoms with E-state index in [1.54, 1.807) is 21.9 Å². The van der Waals surface area contributed by atoms with Crippen LogP contribution in [0.4, 0.5) is 32.3 Å². The molecule has 2 amide bonds. The Balaban J connectivity index is 0.000000273. The lowest BCUT2D eigenvalue weighted by Crippen LogP contribution is -2.86. The zero-order valence-corrected chi connectivity index (χ0v) is 27.7. The minimum Gasteiger partial charge on any atom is -0.759 e. The first-order valence-electron chi connectivity index (χ1n) is 14.5. The number of quaternary nitrogens is 2. The Hall–Kier alpha value is -3.05. The number of rotatable bonds is 6. The predicted octanol–water partition coefficient (Wildman–Crippen LogP) is 2.14. The first-order chi connectivity index (χ1) is 21.2. The van der Waals surface area contributed by atoms with Crippen LogP contribution in [0, 0.1) is 0 Å². The van der Waals surface area contributed by atoms with Gasteiger partial charge in [-0.3, -0.25) is 8.42 Å². The number of benzene rings is 2. The fourth-order valence-corrected chi connectivity index (χ4v) is 5.19. The molecule has 17 heteroatoms. The Kier molecular flexibility index (Phi) is 15.9. The van der Waals surface area contributed by atoms with Crippen LogP contribution in [0.3, 0.4) is 0 Å². The van der Waals surface area contributed by atoms with E-state index in [0.717, 1.165) is 63.2 Å². The SMILES string of the molecule is CCOC(=O)N1CCC([NH2+]c2ccc(Cl)cc2N)CC1.CCOC(=O)N1CCC([NH2+]c2ccc(Cl)cc2N)CC1.O=S(=O)([O-])[O-]. The van der Waals surface area contributed by atoms with E-state index in [1.807, 2.05) is 38.1 Å². The molecule has 2 heterocycles. The van der Waals surface area contributed by atoms with Gasteiger partial charge in [-0.25, -0.2) is 9.59 Å². The standard InChI is InChI=1S/2C14H20ClN3O2.H2O4S/c2*1-2-20-14(19)18-7-5-11(6-8-18)17-13-4-3-10(15)9-12(13)16;1-5(2,3)4/h2*3-4,9,11,17H,2,5-8,16H2,1H3;(H2,1,2,3,4). The lowest BCUT2D eigenvalue weighted by atomic mass is 10.0. The fourth-order valence-electron chi connectivity index (χ4n) is 4.83. The molecule has 2 saturated heterocycles. The smallest absolute Gasteiger partial charge is 0.409 e. The average molecular weight is 694 g/mol. The molecule has 14 nitrogen and oxygen atoms in total. The van der Waals surface area contributed by atoms with Crippen LogP contribution in [0.25, 0.3) is 0 Å². The van der Waals surface area contributed by atoms with E-state index < -0.39 is 10.4 Å². The maximum atomic E-state index is 11.6. The Bertz CT molecular complexity index is 1260. The second-order valence-corrected chi connectivity index (χ2v) is 12.0. The number of nitrogen functional groups attached to an aromatic ring is 2. The molecule has 2 aliphatic heterocycles. The van der Waals surface area contributed by atoms with Crippen LogP contribution in [0.2, 0.25) is 10.0 Å². The molecule has 2 aromatic rings. The third-order valence-corrected chi connectivity index (χ3v) is 7.53. The largest absolute Gasteiger partial charge is 0.759 e. The number of ether oxygens (including phenoxy) is 2. The third kappa shape index (κ3) is 14.7. The molecule has 45 heavy (non-hydrogen) atoms. The molecule has 0 aliphatic carbocycles. The van der Waals surface area contributed by atoms with Crippen LogP contribution in [-0.2, 0) is 19.9 Å². The van der Waals surface area contributed by atoms with Gasteiger partial charge in [0.05, 0.1) is 36.7 Å². The van der Waals surface area contributed by atoms with E-state index in [9.17, 15) is 9.59 Å². The van der Waals surface area contributed by atoms with Crippen LogP contribution in [-0.4, -0.2) is 91.0 Å². The van der Waals surface area contributed by atoms with E-state index in [-0.39, 0.29) is 12.2 Å². The summed E-state index contributed by atoms with van der Waals surface area (Å²) in [5.41, 5.74) is 15.3. The van der Waals surface area contributed by atoms with Gasteiger partial charge in [-0.15, -0.1) is 0 Å². The van der Waals surface area contributed by atoms with Crippen molar-refractivity contribution in [2.75, 3.05) is 50.9 Å². The number of anilines is 2. The van der Waals surface area contributed by atoms with Gasteiger partial charge < -0.3 is 50.5 Å². The summed E-state index contributed by atoms with van der Waals surface area (Å²) in [5.74, 6) is 0. The van der Waals surface area contributed by atoms with Crippen LogP contribution in [0.15, 0.2) is 36.4 Å². The van der Waals surface area contributed by atoms with Crippen molar-refractivity contribution in [3.05, 3.63) is 46.4 Å². The van der Waals surface area contributed by atoms with Crippen molar-refractivity contribution in [3.63, 3.8) is 0 Å². The molecule has 2 aliphatic rings. The normalized spacial score (nSPS) is 15.7. The lowest BCUT2D eigenvalue weighted by Gasteiger charge is -2.29. The Labute approximate surface area is 273 Å². The van der Waals surface area contributed by atoms with Gasteiger partial charge in [0.25, 0.3) is 0 Å². The fraction of sp³-hybridized carbons (Fsp3) is 0.500. The minimum absolute atomic E-state index is 0.211. The average Bonchev–Trinajstić information content (AvgIpc) is 2.96. The molecule has 2 fully saturated rings. The first kappa shape index (κ1) is 38.1. The maximum absolute atomic E-state index is 11.6. The van der Waals surface area contributed by atoms with Gasteiger partial charge in [0.15, 0.2) is 11.4 Å². The van der Waals surface area contributed by atoms with E-state index in [1.165, 1.54) is 0 Å². The Morgan fingerprint density at radius 1 is 0.778 bits per heavy atom. The molecule has 252 valence electrons. The van der Waals surface area contributed by atoms with E-state index in [4.69, 9.17) is 61.7 Å². The van der Waals surface area contributed by atoms with Crippen molar-refractivity contribution in [1.29, 1.82) is 0 Å². The third-order valence-electron chi connectivity index (χ3n) is 7.06. The van der Waals surface area contributed by atoms with E-state index in [2.05, 4.69) is 10.6 Å². The number of carbonyl (C=O) groups excluding carboxylic acids is 2. The van der Waals surface area contributed by atoms with Gasteiger partial charge in [0, 0.05) is 84.4 Å². The monoisotopic (exact) mass is 692 g/mol. The topological polar surface area (TPSA) is 225 Å². The second-order valence-electron chi connectivity index (χ2n) is 10.3. The van der Waals surface area contributed by atoms with Gasteiger partial charge in [0.1, 0.15) is 0 Å². The molecular weight excluding hydrogens is 651 g/mol. The zero-order chi connectivity index (χ0) is 33.6. The molecule has 0 aromatic heterocycles. The van der Waals surface area contributed by atoms with E-state index in [0.29, 0.717) is 46.7 Å². The van der Waals surface area contributed by atoms with Gasteiger partial charge in [-0.1, -0.05) is 23.2 Å². The van der Waals surface area contributed by atoms with Crippen molar-refractivity contribution >= 4 is 68.5 Å². The van der Waals surface area contributed by atoms with Crippen molar-refractivity contribution in [3.8, 4) is 0 Å². The summed E-state index contributed by atoms with van der Waals surface area (Å²) in [4.78, 5) is 26.8. The highest BCUT2D eigenvalue weighted by Gasteiger charge is 2.27. The second kappa shape index (κ2) is 18.8. The summed E-state index contributed by atoms with van der Waals surface area (Å²) >= 11 is 11.8. The van der Waals surface area contributed by atoms with Crippen LogP contribution >= 0.6 is 23.2 Å². The molecule has 0 saturated carbocycles. The number of hydrogen-bond acceptors (Lipinski definition) is 10. The number of carbonyl (C=O) groups is 2. The molecule has 0 atom stereocenters. The minimum atomic E-state index is -5.17.